The topological polar surface area (TPSA) is 56.9 Å². The predicted molar refractivity (Wildman–Crippen MR) is 44.0 cm³/mol. The minimum absolute atomic E-state index is 0. The fourth-order valence-electron chi connectivity index (χ4n) is 0.427. The van der Waals surface area contributed by atoms with Crippen LogP contribution in [0.5, 0.6) is 0 Å². The van der Waals surface area contributed by atoms with E-state index in [9.17, 15) is 10.0 Å². The third kappa shape index (κ3) is 4.52. The van der Waals surface area contributed by atoms with Crippen LogP contribution >= 0.6 is 24.8 Å². The van der Waals surface area contributed by atoms with Crippen molar-refractivity contribution in [3.8, 4) is 0 Å². The van der Waals surface area contributed by atoms with Gasteiger partial charge in [0.05, 0.1) is 6.20 Å². The summed E-state index contributed by atoms with van der Waals surface area (Å²) in [4.78, 5) is 10.7. The SMILES string of the molecule is Cl.Cl.O=c1cccn[n+]([O-])c1. The lowest BCUT2D eigenvalue weighted by Crippen LogP contribution is -2.30. The average molecular weight is 197 g/mol. The molecule has 62 valence electrons. The van der Waals surface area contributed by atoms with Crippen LogP contribution in [-0.2, 0) is 0 Å². The second-order valence-corrected chi connectivity index (χ2v) is 1.46. The maximum absolute atomic E-state index is 10.4. The molecule has 0 aliphatic carbocycles. The van der Waals surface area contributed by atoms with Crippen LogP contribution in [0.2, 0.25) is 0 Å². The van der Waals surface area contributed by atoms with Crippen LogP contribution in [-0.4, -0.2) is 5.10 Å². The van der Waals surface area contributed by atoms with Gasteiger partial charge in [-0.05, 0) is 12.1 Å². The van der Waals surface area contributed by atoms with Crippen LogP contribution in [0.4, 0.5) is 0 Å². The van der Waals surface area contributed by atoms with Crippen LogP contribution in [0.15, 0.2) is 29.3 Å². The largest absolute Gasteiger partial charge is 0.594 e. The van der Waals surface area contributed by atoms with Gasteiger partial charge in [0.15, 0.2) is 0 Å². The Morgan fingerprint density at radius 1 is 1.45 bits per heavy atom. The number of hydrogen-bond donors (Lipinski definition) is 0. The molecule has 0 amide bonds. The third-order valence-electron chi connectivity index (χ3n) is 0.765. The van der Waals surface area contributed by atoms with Crippen molar-refractivity contribution >= 4 is 24.8 Å². The van der Waals surface area contributed by atoms with Crippen molar-refractivity contribution in [3.63, 3.8) is 0 Å². The Bertz CT molecular complexity index is 268. The van der Waals surface area contributed by atoms with E-state index in [0.717, 1.165) is 6.20 Å². The molecule has 0 aromatic carbocycles. The molecule has 0 bridgehead atoms. The van der Waals surface area contributed by atoms with Gasteiger partial charge in [-0.2, -0.15) is 0 Å². The molecular weight excluding hydrogens is 191 g/mol. The van der Waals surface area contributed by atoms with E-state index in [2.05, 4.69) is 5.10 Å². The summed E-state index contributed by atoms with van der Waals surface area (Å²) in [5.74, 6) is 0. The summed E-state index contributed by atoms with van der Waals surface area (Å²) in [6.07, 6.45) is 2.12. The molecule has 0 spiro atoms. The van der Waals surface area contributed by atoms with E-state index in [-0.39, 0.29) is 35.1 Å². The standard InChI is InChI=1S/C5H4N2O2.2ClH/c8-5-2-1-3-6-7(9)4-5;;/h1-4H;2*1H. The quantitative estimate of drug-likeness (QED) is 0.431. The average Bonchev–Trinajstić information content (AvgIpc) is 1.93. The maximum atomic E-state index is 10.4. The predicted octanol–water partition coefficient (Wildman–Crippen LogP) is -0.0812. The van der Waals surface area contributed by atoms with Crippen molar-refractivity contribution in [2.45, 2.75) is 0 Å². The summed E-state index contributed by atoms with van der Waals surface area (Å²) >= 11 is 0. The van der Waals surface area contributed by atoms with E-state index in [1.54, 1.807) is 0 Å². The monoisotopic (exact) mass is 196 g/mol. The highest BCUT2D eigenvalue weighted by atomic mass is 35.5. The molecule has 0 N–H and O–H groups in total. The van der Waals surface area contributed by atoms with E-state index in [4.69, 9.17) is 0 Å². The molecule has 0 atom stereocenters. The Kier molecular flexibility index (Phi) is 6.83. The van der Waals surface area contributed by atoms with Gasteiger partial charge in [0, 0.05) is 5.10 Å². The van der Waals surface area contributed by atoms with Crippen molar-refractivity contribution in [2.75, 3.05) is 0 Å². The summed E-state index contributed by atoms with van der Waals surface area (Å²) in [5.41, 5.74) is -0.345. The number of hydrogen-bond acceptors (Lipinski definition) is 3. The van der Waals surface area contributed by atoms with Crippen LogP contribution in [0.1, 0.15) is 0 Å². The molecule has 0 aliphatic rings. The molecule has 6 heteroatoms. The zero-order valence-corrected chi connectivity index (χ0v) is 6.97. The van der Waals surface area contributed by atoms with E-state index in [1.807, 2.05) is 0 Å². The van der Waals surface area contributed by atoms with Crippen LogP contribution < -0.4 is 10.3 Å². The van der Waals surface area contributed by atoms with Crippen molar-refractivity contribution in [3.05, 3.63) is 40.0 Å². The van der Waals surface area contributed by atoms with Gasteiger partial charge >= 0.3 is 0 Å². The highest BCUT2D eigenvalue weighted by molar-refractivity contribution is 5.85. The number of aromatic nitrogens is 2. The van der Waals surface area contributed by atoms with E-state index in [1.165, 1.54) is 18.3 Å². The lowest BCUT2D eigenvalue weighted by Gasteiger charge is -1.79. The zero-order valence-electron chi connectivity index (χ0n) is 5.34. The van der Waals surface area contributed by atoms with Gasteiger partial charge in [-0.15, -0.1) is 24.8 Å². The first kappa shape index (κ1) is 12.8. The Labute approximate surface area is 75.3 Å². The van der Waals surface area contributed by atoms with Gasteiger partial charge in [0.25, 0.3) is 6.20 Å². The van der Waals surface area contributed by atoms with Crippen molar-refractivity contribution in [1.29, 1.82) is 0 Å². The van der Waals surface area contributed by atoms with Gasteiger partial charge in [-0.25, -0.2) is 0 Å². The van der Waals surface area contributed by atoms with Gasteiger partial charge in [-0.3, -0.25) is 4.79 Å². The Hall–Kier alpha value is -0.870. The fourth-order valence-corrected chi connectivity index (χ4v) is 0.427. The minimum atomic E-state index is -0.345. The van der Waals surface area contributed by atoms with Gasteiger partial charge < -0.3 is 5.21 Å². The van der Waals surface area contributed by atoms with E-state index >= 15 is 0 Å². The molecule has 1 aromatic rings. The lowest BCUT2D eigenvalue weighted by molar-refractivity contribution is -0.668. The van der Waals surface area contributed by atoms with Gasteiger partial charge in [-0.1, -0.05) is 4.85 Å². The first-order valence-electron chi connectivity index (χ1n) is 2.35. The molecule has 11 heavy (non-hydrogen) atoms. The summed E-state index contributed by atoms with van der Waals surface area (Å²) in [7, 11) is 0. The summed E-state index contributed by atoms with van der Waals surface area (Å²) in [6.45, 7) is 0. The highest BCUT2D eigenvalue weighted by Gasteiger charge is 1.84. The zero-order chi connectivity index (χ0) is 6.69. The summed E-state index contributed by atoms with van der Waals surface area (Å²) in [5, 5.41) is 13.6. The molecular formula is C5H6Cl2N2O2. The minimum Gasteiger partial charge on any atom is -0.594 e. The highest BCUT2D eigenvalue weighted by Crippen LogP contribution is 1.61. The smallest absolute Gasteiger partial charge is 0.256 e. The van der Waals surface area contributed by atoms with E-state index in [0.29, 0.717) is 0 Å². The molecule has 0 fully saturated rings. The maximum Gasteiger partial charge on any atom is 0.256 e. The second kappa shape index (κ2) is 5.88. The van der Waals surface area contributed by atoms with Crippen molar-refractivity contribution < 1.29 is 4.85 Å². The normalized spacial score (nSPS) is 7.27. The van der Waals surface area contributed by atoms with Gasteiger partial charge in [0.1, 0.15) is 0 Å². The summed E-state index contributed by atoms with van der Waals surface area (Å²) < 4.78 is 0. The molecule has 0 unspecified atom stereocenters. The summed E-state index contributed by atoms with van der Waals surface area (Å²) in [6, 6.07) is 2.68. The molecule has 1 aromatic heterocycles. The lowest BCUT2D eigenvalue weighted by atomic mass is 10.5. The molecule has 1 heterocycles. The van der Waals surface area contributed by atoms with E-state index < -0.39 is 0 Å². The molecule has 1 rings (SSSR count). The number of halogens is 2. The fraction of sp³-hybridized carbons (Fsp3) is 0. The molecule has 0 aliphatic heterocycles. The first-order chi connectivity index (χ1) is 4.29. The van der Waals surface area contributed by atoms with Gasteiger partial charge in [0.2, 0.25) is 5.43 Å². The van der Waals surface area contributed by atoms with Crippen LogP contribution in [0.3, 0.4) is 0 Å². The van der Waals surface area contributed by atoms with Crippen molar-refractivity contribution in [2.24, 2.45) is 0 Å². The number of rotatable bonds is 0. The van der Waals surface area contributed by atoms with Crippen LogP contribution in [0, 0.1) is 5.21 Å². The first-order valence-corrected chi connectivity index (χ1v) is 2.35. The van der Waals surface area contributed by atoms with Crippen molar-refractivity contribution in [1.82, 2.24) is 5.10 Å². The molecule has 0 saturated carbocycles. The molecule has 0 radical (unpaired) electrons. The second-order valence-electron chi connectivity index (χ2n) is 1.46. The third-order valence-corrected chi connectivity index (χ3v) is 0.765. The Morgan fingerprint density at radius 3 is 2.73 bits per heavy atom. The molecule has 4 nitrogen and oxygen atoms in total. The van der Waals surface area contributed by atoms with Crippen LogP contribution in [0.25, 0.3) is 0 Å². The molecule has 0 saturated heterocycles. The Morgan fingerprint density at radius 2 is 2.09 bits per heavy atom. The Balaban J connectivity index is 0. The number of nitrogens with zero attached hydrogens (tertiary/aromatic N) is 2.